The maximum atomic E-state index is 12.4. The van der Waals surface area contributed by atoms with Crippen LogP contribution in [0.1, 0.15) is 40.0 Å². The lowest BCUT2D eigenvalue weighted by Gasteiger charge is -2.33. The first-order valence-electron chi connectivity index (χ1n) is 6.81. The van der Waals surface area contributed by atoms with Crippen molar-refractivity contribution in [3.05, 3.63) is 0 Å². The molecule has 2 heterocycles. The number of carbonyl (C=O) groups excluding carboxylic acids is 1. The van der Waals surface area contributed by atoms with E-state index in [-0.39, 0.29) is 12.2 Å². The molecule has 2 aliphatic heterocycles. The zero-order valence-electron chi connectivity index (χ0n) is 11.1. The summed E-state index contributed by atoms with van der Waals surface area (Å²) in [5.74, 6) is 0.702. The van der Waals surface area contributed by atoms with Gasteiger partial charge in [0.25, 0.3) is 0 Å². The third-order valence-corrected chi connectivity index (χ3v) is 4.16. The molecule has 2 saturated heterocycles. The van der Waals surface area contributed by atoms with E-state index < -0.39 is 0 Å². The smallest absolute Gasteiger partial charge is 0.241 e. The molecule has 0 aliphatic carbocycles. The van der Waals surface area contributed by atoms with Crippen LogP contribution in [-0.2, 0) is 9.53 Å². The van der Waals surface area contributed by atoms with E-state index in [0.717, 1.165) is 32.5 Å². The Morgan fingerprint density at radius 3 is 2.71 bits per heavy atom. The van der Waals surface area contributed by atoms with Crippen LogP contribution in [0.2, 0.25) is 0 Å². The normalized spacial score (nSPS) is 33.1. The van der Waals surface area contributed by atoms with Crippen LogP contribution in [-0.4, -0.2) is 42.3 Å². The van der Waals surface area contributed by atoms with Crippen molar-refractivity contribution in [1.82, 2.24) is 10.2 Å². The molecule has 0 aromatic heterocycles. The molecule has 98 valence electrons. The number of carbonyl (C=O) groups is 1. The highest BCUT2D eigenvalue weighted by atomic mass is 16.5. The SMILES string of the molecule is CCC(C)C1NC(C)N(C2CCOCC2)C1=O. The molecule has 1 N–H and O–H groups in total. The maximum Gasteiger partial charge on any atom is 0.241 e. The highest BCUT2D eigenvalue weighted by Gasteiger charge is 2.42. The van der Waals surface area contributed by atoms with E-state index in [1.165, 1.54) is 0 Å². The molecule has 2 fully saturated rings. The predicted octanol–water partition coefficient (Wildman–Crippen LogP) is 1.36. The largest absolute Gasteiger partial charge is 0.381 e. The van der Waals surface area contributed by atoms with Crippen LogP contribution < -0.4 is 5.32 Å². The van der Waals surface area contributed by atoms with Crippen LogP contribution in [0.4, 0.5) is 0 Å². The second-order valence-electron chi connectivity index (χ2n) is 5.29. The predicted molar refractivity (Wildman–Crippen MR) is 66.5 cm³/mol. The van der Waals surface area contributed by atoms with Gasteiger partial charge in [-0.3, -0.25) is 10.1 Å². The fraction of sp³-hybridized carbons (Fsp3) is 0.923. The summed E-state index contributed by atoms with van der Waals surface area (Å²) in [7, 11) is 0. The van der Waals surface area contributed by atoms with Gasteiger partial charge in [0.1, 0.15) is 0 Å². The highest BCUT2D eigenvalue weighted by Crippen LogP contribution is 2.25. The Morgan fingerprint density at radius 2 is 2.12 bits per heavy atom. The van der Waals surface area contributed by atoms with Gasteiger partial charge in [-0.25, -0.2) is 0 Å². The standard InChI is InChI=1S/C13H24N2O2/c1-4-9(2)12-13(16)15(10(3)14-12)11-5-7-17-8-6-11/h9-12,14H,4-8H2,1-3H3. The summed E-state index contributed by atoms with van der Waals surface area (Å²) < 4.78 is 5.37. The Kier molecular flexibility index (Phi) is 4.05. The summed E-state index contributed by atoms with van der Waals surface area (Å²) in [5.41, 5.74) is 0. The zero-order valence-corrected chi connectivity index (χ0v) is 11.1. The number of hydrogen-bond donors (Lipinski definition) is 1. The van der Waals surface area contributed by atoms with Crippen LogP contribution >= 0.6 is 0 Å². The Hall–Kier alpha value is -0.610. The first kappa shape index (κ1) is 12.8. The quantitative estimate of drug-likeness (QED) is 0.810. The Balaban J connectivity index is 2.05. The van der Waals surface area contributed by atoms with Crippen molar-refractivity contribution >= 4 is 5.91 Å². The van der Waals surface area contributed by atoms with Gasteiger partial charge in [-0.2, -0.15) is 0 Å². The van der Waals surface area contributed by atoms with Crippen LogP contribution in [0, 0.1) is 5.92 Å². The molecular formula is C13H24N2O2. The molecule has 4 heteroatoms. The Labute approximate surface area is 104 Å². The third-order valence-electron chi connectivity index (χ3n) is 4.16. The van der Waals surface area contributed by atoms with Crippen LogP contribution in [0.3, 0.4) is 0 Å². The van der Waals surface area contributed by atoms with Crippen LogP contribution in [0.25, 0.3) is 0 Å². The van der Waals surface area contributed by atoms with Crippen molar-refractivity contribution in [2.45, 2.75) is 58.3 Å². The van der Waals surface area contributed by atoms with E-state index >= 15 is 0 Å². The average molecular weight is 240 g/mol. The summed E-state index contributed by atoms with van der Waals surface area (Å²) in [5, 5.41) is 3.44. The molecule has 17 heavy (non-hydrogen) atoms. The molecular weight excluding hydrogens is 216 g/mol. The molecule has 0 saturated carbocycles. The van der Waals surface area contributed by atoms with Gasteiger partial charge >= 0.3 is 0 Å². The number of rotatable bonds is 3. The van der Waals surface area contributed by atoms with E-state index in [9.17, 15) is 4.79 Å². The summed E-state index contributed by atoms with van der Waals surface area (Å²) >= 11 is 0. The molecule has 0 aromatic carbocycles. The number of nitrogens with one attached hydrogen (secondary N) is 1. The van der Waals surface area contributed by atoms with E-state index in [0.29, 0.717) is 17.9 Å². The summed E-state index contributed by atoms with van der Waals surface area (Å²) in [6, 6.07) is 0.380. The number of amides is 1. The van der Waals surface area contributed by atoms with Gasteiger partial charge in [-0.15, -0.1) is 0 Å². The highest BCUT2D eigenvalue weighted by molar-refractivity contribution is 5.84. The average Bonchev–Trinajstić information content (AvgIpc) is 2.65. The molecule has 3 unspecified atom stereocenters. The van der Waals surface area contributed by atoms with Gasteiger partial charge in [0.05, 0.1) is 12.2 Å². The lowest BCUT2D eigenvalue weighted by molar-refractivity contribution is -0.134. The van der Waals surface area contributed by atoms with E-state index in [4.69, 9.17) is 4.74 Å². The number of nitrogens with zero attached hydrogens (tertiary/aromatic N) is 1. The molecule has 2 aliphatic rings. The first-order valence-corrected chi connectivity index (χ1v) is 6.81. The van der Waals surface area contributed by atoms with Crippen molar-refractivity contribution in [1.29, 1.82) is 0 Å². The van der Waals surface area contributed by atoms with Gasteiger partial charge in [0, 0.05) is 19.3 Å². The monoisotopic (exact) mass is 240 g/mol. The minimum atomic E-state index is 0.0119. The Bertz CT molecular complexity index is 277. The zero-order chi connectivity index (χ0) is 12.4. The van der Waals surface area contributed by atoms with Crippen molar-refractivity contribution in [2.24, 2.45) is 5.92 Å². The fourth-order valence-electron chi connectivity index (χ4n) is 2.87. The van der Waals surface area contributed by atoms with Crippen LogP contribution in [0.5, 0.6) is 0 Å². The van der Waals surface area contributed by atoms with Gasteiger partial charge in [0.2, 0.25) is 5.91 Å². The maximum absolute atomic E-state index is 12.4. The molecule has 4 nitrogen and oxygen atoms in total. The molecule has 0 bridgehead atoms. The van der Waals surface area contributed by atoms with Gasteiger partial charge in [0.15, 0.2) is 0 Å². The summed E-state index contributed by atoms with van der Waals surface area (Å²) in [4.78, 5) is 14.5. The van der Waals surface area contributed by atoms with Crippen LogP contribution in [0.15, 0.2) is 0 Å². The molecule has 0 radical (unpaired) electrons. The molecule has 3 atom stereocenters. The molecule has 0 spiro atoms. The van der Waals surface area contributed by atoms with Crippen molar-refractivity contribution < 1.29 is 9.53 Å². The second-order valence-corrected chi connectivity index (χ2v) is 5.29. The lowest BCUT2D eigenvalue weighted by atomic mass is 9.98. The number of ether oxygens (including phenoxy) is 1. The Morgan fingerprint density at radius 1 is 1.47 bits per heavy atom. The lowest BCUT2D eigenvalue weighted by Crippen LogP contribution is -2.45. The topological polar surface area (TPSA) is 41.6 Å². The van der Waals surface area contributed by atoms with E-state index in [1.807, 2.05) is 0 Å². The second kappa shape index (κ2) is 5.36. The first-order chi connectivity index (χ1) is 8.15. The van der Waals surface area contributed by atoms with Gasteiger partial charge in [-0.1, -0.05) is 20.3 Å². The fourth-order valence-corrected chi connectivity index (χ4v) is 2.87. The molecule has 2 rings (SSSR count). The van der Waals surface area contributed by atoms with Gasteiger partial charge < -0.3 is 9.64 Å². The summed E-state index contributed by atoms with van der Waals surface area (Å²) in [6.45, 7) is 7.96. The van der Waals surface area contributed by atoms with Crippen molar-refractivity contribution in [2.75, 3.05) is 13.2 Å². The summed E-state index contributed by atoms with van der Waals surface area (Å²) in [6.07, 6.45) is 3.16. The van der Waals surface area contributed by atoms with E-state index in [2.05, 4.69) is 31.0 Å². The van der Waals surface area contributed by atoms with Gasteiger partial charge in [-0.05, 0) is 25.7 Å². The third kappa shape index (κ3) is 2.47. The van der Waals surface area contributed by atoms with Crippen molar-refractivity contribution in [3.63, 3.8) is 0 Å². The number of hydrogen-bond acceptors (Lipinski definition) is 3. The molecule has 0 aromatic rings. The van der Waals surface area contributed by atoms with Crippen molar-refractivity contribution in [3.8, 4) is 0 Å². The minimum Gasteiger partial charge on any atom is -0.381 e. The van der Waals surface area contributed by atoms with E-state index in [1.54, 1.807) is 0 Å². The molecule has 1 amide bonds. The minimum absolute atomic E-state index is 0.0119.